The first-order valence-electron chi connectivity index (χ1n) is 17.0. The Kier molecular flexibility index (Phi) is 6.36. The van der Waals surface area contributed by atoms with Gasteiger partial charge >= 0.3 is 0 Å². The Morgan fingerprint density at radius 1 is 0.340 bits per heavy atom. The van der Waals surface area contributed by atoms with Gasteiger partial charge in [-0.05, 0) is 69.6 Å². The molecule has 0 aliphatic carbocycles. The van der Waals surface area contributed by atoms with Crippen LogP contribution in [-0.4, -0.2) is 19.5 Å². The predicted octanol–water partition coefficient (Wildman–Crippen LogP) is 11.7. The second-order valence-corrected chi connectivity index (χ2v) is 12.9. The van der Waals surface area contributed by atoms with Gasteiger partial charge in [0.05, 0.1) is 11.0 Å². The Hall–Kier alpha value is -6.65. The van der Waals surface area contributed by atoms with Crippen molar-refractivity contribution in [2.24, 2.45) is 0 Å². The van der Waals surface area contributed by atoms with Crippen LogP contribution < -0.4 is 0 Å². The van der Waals surface area contributed by atoms with E-state index < -0.39 is 0 Å². The summed E-state index contributed by atoms with van der Waals surface area (Å²) in [6.45, 7) is 2.09. The van der Waals surface area contributed by atoms with E-state index in [1.54, 1.807) is 0 Å². The van der Waals surface area contributed by atoms with E-state index in [0.29, 0.717) is 17.5 Å². The standard InChI is InChI=1S/C46H30N4/c1-29-21-23-30(24-22-29)44-47-45(31-11-10-12-33(27-31)50-42-19-8-6-17-39(42)40-18-7-9-20-43(40)50)49-46(48-44)32-25-26-38-36-15-3-2-13-34(36)35-14-4-5-16-37(35)41(38)28-32/h2-28H,1H3. The molecule has 0 saturated carbocycles. The van der Waals surface area contributed by atoms with Crippen molar-refractivity contribution < 1.29 is 0 Å². The summed E-state index contributed by atoms with van der Waals surface area (Å²) in [5, 5.41) is 9.82. The number of hydrogen-bond acceptors (Lipinski definition) is 3. The average molecular weight is 639 g/mol. The van der Waals surface area contributed by atoms with Crippen molar-refractivity contribution in [2.75, 3.05) is 0 Å². The van der Waals surface area contributed by atoms with Crippen LogP contribution in [0.4, 0.5) is 0 Å². The molecule has 50 heavy (non-hydrogen) atoms. The predicted molar refractivity (Wildman–Crippen MR) is 208 cm³/mol. The molecule has 0 fully saturated rings. The Labute approximate surface area is 289 Å². The highest BCUT2D eigenvalue weighted by Gasteiger charge is 2.17. The summed E-state index contributed by atoms with van der Waals surface area (Å²) in [5.74, 6) is 1.93. The van der Waals surface area contributed by atoms with E-state index >= 15 is 0 Å². The second kappa shape index (κ2) is 11.2. The lowest BCUT2D eigenvalue weighted by Gasteiger charge is -2.13. The van der Waals surface area contributed by atoms with E-state index in [4.69, 9.17) is 15.0 Å². The summed E-state index contributed by atoms with van der Waals surface area (Å²) in [6, 6.07) is 58.0. The molecule has 2 heterocycles. The molecule has 0 aliphatic heterocycles. The van der Waals surface area contributed by atoms with Crippen LogP contribution in [0.25, 0.3) is 94.0 Å². The molecule has 0 spiro atoms. The van der Waals surface area contributed by atoms with Crippen LogP contribution in [0, 0.1) is 6.92 Å². The maximum atomic E-state index is 5.18. The fraction of sp³-hybridized carbons (Fsp3) is 0.0217. The van der Waals surface area contributed by atoms with Crippen LogP contribution in [-0.2, 0) is 0 Å². The molecule has 0 unspecified atom stereocenters. The van der Waals surface area contributed by atoms with E-state index in [9.17, 15) is 0 Å². The molecule has 0 radical (unpaired) electrons. The minimum absolute atomic E-state index is 0.636. The zero-order valence-electron chi connectivity index (χ0n) is 27.4. The molecule has 0 N–H and O–H groups in total. The highest BCUT2D eigenvalue weighted by molar-refractivity contribution is 6.25. The Morgan fingerprint density at radius 2 is 0.780 bits per heavy atom. The van der Waals surface area contributed by atoms with Crippen LogP contribution in [0.1, 0.15) is 5.56 Å². The quantitative estimate of drug-likeness (QED) is 0.180. The zero-order valence-corrected chi connectivity index (χ0v) is 27.4. The van der Waals surface area contributed by atoms with E-state index in [1.807, 2.05) is 0 Å². The molecule has 0 atom stereocenters. The highest BCUT2D eigenvalue weighted by Crippen LogP contribution is 2.38. The molecular formula is C46H30N4. The summed E-state index contributed by atoms with van der Waals surface area (Å²) in [7, 11) is 0. The van der Waals surface area contributed by atoms with Gasteiger partial charge in [0, 0.05) is 33.2 Å². The number of fused-ring (bicyclic) bond motifs is 9. The molecule has 0 amide bonds. The van der Waals surface area contributed by atoms with E-state index in [2.05, 4.69) is 175 Å². The summed E-state index contributed by atoms with van der Waals surface area (Å²) >= 11 is 0. The van der Waals surface area contributed by atoms with Gasteiger partial charge in [-0.3, -0.25) is 0 Å². The lowest BCUT2D eigenvalue weighted by Crippen LogP contribution is -2.01. The van der Waals surface area contributed by atoms with Crippen LogP contribution >= 0.6 is 0 Å². The van der Waals surface area contributed by atoms with E-state index in [1.165, 1.54) is 59.7 Å². The van der Waals surface area contributed by atoms with Crippen molar-refractivity contribution in [1.29, 1.82) is 0 Å². The number of rotatable bonds is 4. The van der Waals surface area contributed by atoms with Crippen molar-refractivity contribution in [3.8, 4) is 39.9 Å². The zero-order chi connectivity index (χ0) is 33.2. The molecule has 0 saturated heterocycles. The van der Waals surface area contributed by atoms with Gasteiger partial charge in [-0.25, -0.2) is 15.0 Å². The Morgan fingerprint density at radius 3 is 1.36 bits per heavy atom. The summed E-state index contributed by atoms with van der Waals surface area (Å²) < 4.78 is 2.33. The molecule has 4 heteroatoms. The van der Waals surface area contributed by atoms with Gasteiger partial charge in [-0.15, -0.1) is 0 Å². The van der Waals surface area contributed by atoms with Crippen molar-refractivity contribution in [1.82, 2.24) is 19.5 Å². The maximum Gasteiger partial charge on any atom is 0.164 e. The molecule has 0 bridgehead atoms. The molecule has 10 aromatic rings. The number of hydrogen-bond donors (Lipinski definition) is 0. The van der Waals surface area contributed by atoms with Crippen LogP contribution in [0.5, 0.6) is 0 Å². The number of aryl methyl sites for hydroxylation is 1. The SMILES string of the molecule is Cc1ccc(-c2nc(-c3cccc(-n4c5ccccc5c5ccccc54)c3)nc(-c3ccc4c5ccccc5c5ccccc5c4c3)n2)cc1. The fourth-order valence-electron chi connectivity index (χ4n) is 7.50. The Balaban J connectivity index is 1.19. The van der Waals surface area contributed by atoms with Crippen molar-refractivity contribution >= 4 is 54.1 Å². The lowest BCUT2D eigenvalue weighted by molar-refractivity contribution is 1.07. The molecule has 0 aliphatic rings. The number of para-hydroxylation sites is 2. The van der Waals surface area contributed by atoms with Gasteiger partial charge in [0.15, 0.2) is 17.5 Å². The van der Waals surface area contributed by atoms with Gasteiger partial charge in [-0.1, -0.05) is 139 Å². The third kappa shape index (κ3) is 4.50. The molecule has 10 rings (SSSR count). The summed E-state index contributed by atoms with van der Waals surface area (Å²) in [4.78, 5) is 15.4. The monoisotopic (exact) mass is 638 g/mol. The third-order valence-electron chi connectivity index (χ3n) is 9.89. The average Bonchev–Trinajstić information content (AvgIpc) is 3.52. The minimum atomic E-state index is 0.636. The third-order valence-corrected chi connectivity index (χ3v) is 9.89. The van der Waals surface area contributed by atoms with Crippen molar-refractivity contribution in [3.63, 3.8) is 0 Å². The van der Waals surface area contributed by atoms with E-state index in [0.717, 1.165) is 22.4 Å². The minimum Gasteiger partial charge on any atom is -0.309 e. The largest absolute Gasteiger partial charge is 0.309 e. The molecule has 8 aromatic carbocycles. The number of nitrogens with zero attached hydrogens (tertiary/aromatic N) is 4. The van der Waals surface area contributed by atoms with Crippen molar-refractivity contribution in [2.45, 2.75) is 6.92 Å². The van der Waals surface area contributed by atoms with Crippen LogP contribution in [0.2, 0.25) is 0 Å². The first-order chi connectivity index (χ1) is 24.7. The number of benzene rings is 8. The Bertz CT molecular complexity index is 2850. The number of aromatic nitrogens is 4. The van der Waals surface area contributed by atoms with Gasteiger partial charge in [0.25, 0.3) is 0 Å². The smallest absolute Gasteiger partial charge is 0.164 e. The molecule has 2 aromatic heterocycles. The van der Waals surface area contributed by atoms with E-state index in [-0.39, 0.29) is 0 Å². The van der Waals surface area contributed by atoms with Gasteiger partial charge in [-0.2, -0.15) is 0 Å². The van der Waals surface area contributed by atoms with Gasteiger partial charge in [0.2, 0.25) is 0 Å². The maximum absolute atomic E-state index is 5.18. The van der Waals surface area contributed by atoms with Crippen LogP contribution in [0.3, 0.4) is 0 Å². The van der Waals surface area contributed by atoms with Gasteiger partial charge < -0.3 is 4.57 Å². The molecular weight excluding hydrogens is 609 g/mol. The van der Waals surface area contributed by atoms with Crippen LogP contribution in [0.15, 0.2) is 164 Å². The fourth-order valence-corrected chi connectivity index (χ4v) is 7.50. The van der Waals surface area contributed by atoms with Gasteiger partial charge in [0.1, 0.15) is 0 Å². The first-order valence-corrected chi connectivity index (χ1v) is 17.0. The van der Waals surface area contributed by atoms with Crippen molar-refractivity contribution in [3.05, 3.63) is 169 Å². The second-order valence-electron chi connectivity index (χ2n) is 12.9. The lowest BCUT2D eigenvalue weighted by atomic mass is 9.93. The highest BCUT2D eigenvalue weighted by atomic mass is 15.0. The summed E-state index contributed by atoms with van der Waals surface area (Å²) in [5.41, 5.74) is 7.42. The molecule has 4 nitrogen and oxygen atoms in total. The first kappa shape index (κ1) is 28.4. The molecule has 234 valence electrons. The summed E-state index contributed by atoms with van der Waals surface area (Å²) in [6.07, 6.45) is 0. The normalized spacial score (nSPS) is 11.7. The topological polar surface area (TPSA) is 43.6 Å².